The molecule has 0 aromatic carbocycles. The molecule has 2 heterocycles. The van der Waals surface area contributed by atoms with Crippen molar-refractivity contribution in [3.8, 4) is 0 Å². The Morgan fingerprint density at radius 3 is 2.93 bits per heavy atom. The first-order valence-electron chi connectivity index (χ1n) is 5.07. The minimum Gasteiger partial charge on any atom is -0.465 e. The van der Waals surface area contributed by atoms with E-state index in [1.165, 1.54) is 0 Å². The van der Waals surface area contributed by atoms with Gasteiger partial charge in [-0.15, -0.1) is 0 Å². The molecule has 80 valence electrons. The van der Waals surface area contributed by atoms with Crippen LogP contribution in [0.25, 0.3) is 6.08 Å². The van der Waals surface area contributed by atoms with E-state index in [1.54, 1.807) is 24.5 Å². The van der Waals surface area contributed by atoms with E-state index < -0.39 is 0 Å². The summed E-state index contributed by atoms with van der Waals surface area (Å²) in [6.45, 7) is 3.31. The lowest BCUT2D eigenvalue weighted by molar-refractivity contribution is -0.126. The standard InChI is InChI=1S/C11H14N2O2/c14-11(13-7-5-12-6-8-13)4-3-10-2-1-9-15-10/h1-4,9,12H,5-8H2/b4-3+. The summed E-state index contributed by atoms with van der Waals surface area (Å²) < 4.78 is 5.10. The van der Waals surface area contributed by atoms with Crippen LogP contribution in [0, 0.1) is 0 Å². The second-order valence-corrected chi connectivity index (χ2v) is 3.42. The number of nitrogens with zero attached hydrogens (tertiary/aromatic N) is 1. The van der Waals surface area contributed by atoms with E-state index in [0.29, 0.717) is 5.76 Å². The maximum Gasteiger partial charge on any atom is 0.246 e. The first-order chi connectivity index (χ1) is 7.36. The quantitative estimate of drug-likeness (QED) is 0.725. The van der Waals surface area contributed by atoms with Crippen molar-refractivity contribution in [3.63, 3.8) is 0 Å². The van der Waals surface area contributed by atoms with E-state index in [0.717, 1.165) is 26.2 Å². The fraction of sp³-hybridized carbons (Fsp3) is 0.364. The number of hydrogen-bond acceptors (Lipinski definition) is 3. The third-order valence-corrected chi connectivity index (χ3v) is 2.36. The predicted molar refractivity (Wildman–Crippen MR) is 57.2 cm³/mol. The highest BCUT2D eigenvalue weighted by atomic mass is 16.3. The second kappa shape index (κ2) is 4.79. The zero-order valence-corrected chi connectivity index (χ0v) is 8.48. The van der Waals surface area contributed by atoms with E-state index in [-0.39, 0.29) is 5.91 Å². The molecule has 1 aromatic rings. The van der Waals surface area contributed by atoms with Crippen molar-refractivity contribution in [2.75, 3.05) is 26.2 Å². The predicted octanol–water partition coefficient (Wildman–Crippen LogP) is 0.725. The summed E-state index contributed by atoms with van der Waals surface area (Å²) >= 11 is 0. The highest BCUT2D eigenvalue weighted by Crippen LogP contribution is 2.03. The van der Waals surface area contributed by atoms with Gasteiger partial charge in [0, 0.05) is 32.3 Å². The van der Waals surface area contributed by atoms with Crippen molar-refractivity contribution in [2.45, 2.75) is 0 Å². The van der Waals surface area contributed by atoms with Gasteiger partial charge in [-0.2, -0.15) is 0 Å². The minimum atomic E-state index is 0.0490. The van der Waals surface area contributed by atoms with Crippen LogP contribution in [0.1, 0.15) is 5.76 Å². The van der Waals surface area contributed by atoms with E-state index in [2.05, 4.69) is 5.32 Å². The fourth-order valence-corrected chi connectivity index (χ4v) is 1.53. The SMILES string of the molecule is O=C(/C=C/c1ccco1)N1CCNCC1. The summed E-state index contributed by atoms with van der Waals surface area (Å²) in [5.41, 5.74) is 0. The Balaban J connectivity index is 1.91. The molecule has 2 rings (SSSR count). The molecule has 0 unspecified atom stereocenters. The third-order valence-electron chi connectivity index (χ3n) is 2.36. The van der Waals surface area contributed by atoms with Crippen LogP contribution >= 0.6 is 0 Å². The Morgan fingerprint density at radius 1 is 1.47 bits per heavy atom. The zero-order chi connectivity index (χ0) is 10.5. The first kappa shape index (κ1) is 9.98. The van der Waals surface area contributed by atoms with Crippen molar-refractivity contribution < 1.29 is 9.21 Å². The summed E-state index contributed by atoms with van der Waals surface area (Å²) in [5, 5.41) is 3.20. The van der Waals surface area contributed by atoms with Crippen LogP contribution in [0.3, 0.4) is 0 Å². The Morgan fingerprint density at radius 2 is 2.27 bits per heavy atom. The molecule has 0 spiro atoms. The molecule has 0 atom stereocenters. The average molecular weight is 206 g/mol. The molecule has 0 aliphatic carbocycles. The largest absolute Gasteiger partial charge is 0.465 e. The van der Waals surface area contributed by atoms with Gasteiger partial charge in [0.15, 0.2) is 0 Å². The maximum atomic E-state index is 11.7. The monoisotopic (exact) mass is 206 g/mol. The Hall–Kier alpha value is -1.55. The van der Waals surface area contributed by atoms with Gasteiger partial charge in [-0.05, 0) is 18.2 Å². The maximum absolute atomic E-state index is 11.7. The topological polar surface area (TPSA) is 45.5 Å². The number of furan rings is 1. The molecule has 1 aromatic heterocycles. The number of carbonyl (C=O) groups is 1. The number of piperazine rings is 1. The molecule has 4 nitrogen and oxygen atoms in total. The normalized spacial score (nSPS) is 17.2. The van der Waals surface area contributed by atoms with Crippen molar-refractivity contribution in [2.24, 2.45) is 0 Å². The van der Waals surface area contributed by atoms with E-state index in [4.69, 9.17) is 4.42 Å². The van der Waals surface area contributed by atoms with Crippen LogP contribution < -0.4 is 5.32 Å². The number of rotatable bonds is 2. The molecular formula is C11H14N2O2. The van der Waals surface area contributed by atoms with Gasteiger partial charge in [0.25, 0.3) is 0 Å². The summed E-state index contributed by atoms with van der Waals surface area (Å²) in [5.74, 6) is 0.756. The molecule has 1 aliphatic heterocycles. The molecule has 4 heteroatoms. The van der Waals surface area contributed by atoms with Crippen LogP contribution in [-0.4, -0.2) is 37.0 Å². The smallest absolute Gasteiger partial charge is 0.246 e. The molecule has 0 bridgehead atoms. The number of amides is 1. The molecule has 1 fully saturated rings. The molecule has 1 amide bonds. The fourth-order valence-electron chi connectivity index (χ4n) is 1.53. The zero-order valence-electron chi connectivity index (χ0n) is 8.48. The second-order valence-electron chi connectivity index (χ2n) is 3.42. The highest BCUT2D eigenvalue weighted by molar-refractivity contribution is 5.91. The molecule has 1 saturated heterocycles. The molecule has 1 N–H and O–H groups in total. The van der Waals surface area contributed by atoms with E-state index in [9.17, 15) is 4.79 Å². The van der Waals surface area contributed by atoms with E-state index >= 15 is 0 Å². The van der Waals surface area contributed by atoms with E-state index in [1.807, 2.05) is 11.0 Å². The van der Waals surface area contributed by atoms with Crippen LogP contribution in [0.2, 0.25) is 0 Å². The minimum absolute atomic E-state index is 0.0490. The first-order valence-corrected chi connectivity index (χ1v) is 5.07. The van der Waals surface area contributed by atoms with Crippen LogP contribution in [-0.2, 0) is 4.79 Å². The van der Waals surface area contributed by atoms with Crippen LogP contribution in [0.15, 0.2) is 28.9 Å². The van der Waals surface area contributed by atoms with Crippen LogP contribution in [0.5, 0.6) is 0 Å². The van der Waals surface area contributed by atoms with Gasteiger partial charge < -0.3 is 14.6 Å². The van der Waals surface area contributed by atoms with Gasteiger partial charge in [-0.25, -0.2) is 0 Å². The van der Waals surface area contributed by atoms with Gasteiger partial charge in [-0.1, -0.05) is 0 Å². The Labute approximate surface area is 88.6 Å². The summed E-state index contributed by atoms with van der Waals surface area (Å²) in [7, 11) is 0. The Kier molecular flexibility index (Phi) is 3.19. The van der Waals surface area contributed by atoms with Gasteiger partial charge >= 0.3 is 0 Å². The lowest BCUT2D eigenvalue weighted by Crippen LogP contribution is -2.45. The number of nitrogens with one attached hydrogen (secondary N) is 1. The molecule has 0 radical (unpaired) electrons. The van der Waals surface area contributed by atoms with Crippen LogP contribution in [0.4, 0.5) is 0 Å². The lowest BCUT2D eigenvalue weighted by Gasteiger charge is -2.26. The van der Waals surface area contributed by atoms with Gasteiger partial charge in [0.2, 0.25) is 5.91 Å². The molecule has 1 aliphatic rings. The van der Waals surface area contributed by atoms with Crippen molar-refractivity contribution in [1.82, 2.24) is 10.2 Å². The summed E-state index contributed by atoms with van der Waals surface area (Å²) in [6, 6.07) is 3.62. The van der Waals surface area contributed by atoms with Gasteiger partial charge in [-0.3, -0.25) is 4.79 Å². The van der Waals surface area contributed by atoms with Gasteiger partial charge in [0.1, 0.15) is 5.76 Å². The van der Waals surface area contributed by atoms with Crippen molar-refractivity contribution >= 4 is 12.0 Å². The molecular weight excluding hydrogens is 192 g/mol. The Bertz CT molecular complexity index is 337. The average Bonchev–Trinajstić information content (AvgIpc) is 2.80. The lowest BCUT2D eigenvalue weighted by atomic mass is 10.3. The molecule has 15 heavy (non-hydrogen) atoms. The van der Waals surface area contributed by atoms with Gasteiger partial charge in [0.05, 0.1) is 6.26 Å². The van der Waals surface area contributed by atoms with Crippen molar-refractivity contribution in [3.05, 3.63) is 30.2 Å². The van der Waals surface area contributed by atoms with Crippen molar-refractivity contribution in [1.29, 1.82) is 0 Å². The summed E-state index contributed by atoms with van der Waals surface area (Å²) in [4.78, 5) is 13.5. The number of carbonyl (C=O) groups excluding carboxylic acids is 1. The third kappa shape index (κ3) is 2.70. The summed E-state index contributed by atoms with van der Waals surface area (Å²) in [6.07, 6.45) is 4.85. The highest BCUT2D eigenvalue weighted by Gasteiger charge is 2.12. The molecule has 0 saturated carbocycles. The number of hydrogen-bond donors (Lipinski definition) is 1.